The number of amides is 1. The molecule has 4 heterocycles. The first-order valence-electron chi connectivity index (χ1n) is 11.3. The van der Waals surface area contributed by atoms with Crippen molar-refractivity contribution >= 4 is 28.3 Å². The van der Waals surface area contributed by atoms with Gasteiger partial charge in [0.1, 0.15) is 11.9 Å². The Labute approximate surface area is 192 Å². The molecule has 0 bridgehead atoms. The molecule has 7 nitrogen and oxygen atoms in total. The van der Waals surface area contributed by atoms with Gasteiger partial charge >= 0.3 is 0 Å². The van der Waals surface area contributed by atoms with Crippen molar-refractivity contribution in [3.05, 3.63) is 83.9 Å². The number of ether oxygens (including phenoxy) is 1. The number of aromatic amines is 1. The van der Waals surface area contributed by atoms with Crippen LogP contribution in [0.1, 0.15) is 29.5 Å². The van der Waals surface area contributed by atoms with Crippen LogP contribution in [0.5, 0.6) is 0 Å². The Balaban J connectivity index is 1.25. The third-order valence-electron chi connectivity index (χ3n) is 5.94. The van der Waals surface area contributed by atoms with E-state index in [0.717, 1.165) is 28.4 Å². The lowest BCUT2D eigenvalue weighted by Gasteiger charge is -2.33. The van der Waals surface area contributed by atoms with E-state index < -0.39 is 0 Å². The number of morpholine rings is 1. The van der Waals surface area contributed by atoms with Crippen LogP contribution in [0.25, 0.3) is 10.9 Å². The summed E-state index contributed by atoms with van der Waals surface area (Å²) in [6.45, 7) is 3.57. The Hall–Kier alpha value is -3.71. The molecule has 5 rings (SSSR count). The molecule has 0 spiro atoms. The van der Waals surface area contributed by atoms with Crippen LogP contribution in [0.2, 0.25) is 0 Å². The highest BCUT2D eigenvalue weighted by Gasteiger charge is 2.26. The molecule has 0 radical (unpaired) electrons. The fourth-order valence-corrected chi connectivity index (χ4v) is 4.31. The van der Waals surface area contributed by atoms with Gasteiger partial charge < -0.3 is 19.9 Å². The number of aromatic nitrogens is 3. The highest BCUT2D eigenvalue weighted by atomic mass is 16.5. The van der Waals surface area contributed by atoms with E-state index >= 15 is 0 Å². The zero-order valence-electron chi connectivity index (χ0n) is 18.6. The SMILES string of the molecule is Cc1cc(Nc2ccccn2)cc([C@H]2CN(C(=O)CCc3c[nH]c4ccccc34)CCO2)n1. The number of rotatable bonds is 6. The second-order valence-corrected chi connectivity index (χ2v) is 8.32. The van der Waals surface area contributed by atoms with Crippen LogP contribution in [-0.4, -0.2) is 45.5 Å². The molecule has 1 aromatic carbocycles. The predicted octanol–water partition coefficient (Wildman–Crippen LogP) is 4.54. The zero-order chi connectivity index (χ0) is 22.6. The molecule has 1 amide bonds. The van der Waals surface area contributed by atoms with Gasteiger partial charge in [0.2, 0.25) is 5.91 Å². The number of fused-ring (bicyclic) bond motifs is 1. The van der Waals surface area contributed by atoms with Crippen molar-refractivity contribution in [2.45, 2.75) is 25.9 Å². The van der Waals surface area contributed by atoms with E-state index in [1.807, 2.05) is 60.5 Å². The highest BCUT2D eigenvalue weighted by Crippen LogP contribution is 2.26. The smallest absolute Gasteiger partial charge is 0.223 e. The van der Waals surface area contributed by atoms with Crippen molar-refractivity contribution in [2.24, 2.45) is 0 Å². The molecule has 4 aromatic rings. The standard InChI is InChI=1S/C26H27N5O2/c1-18-14-20(30-25-8-4-5-11-27-25)15-23(29-18)24-17-31(12-13-33-24)26(32)10-9-19-16-28-22-7-3-2-6-21(19)22/h2-8,11,14-16,24,28H,9-10,12-13,17H2,1H3,(H,27,29,30)/t24-/m1/s1. The van der Waals surface area contributed by atoms with Crippen molar-refractivity contribution < 1.29 is 9.53 Å². The van der Waals surface area contributed by atoms with E-state index in [4.69, 9.17) is 4.74 Å². The van der Waals surface area contributed by atoms with Crippen LogP contribution >= 0.6 is 0 Å². The van der Waals surface area contributed by atoms with E-state index in [2.05, 4.69) is 32.4 Å². The average Bonchev–Trinajstić information content (AvgIpc) is 3.26. The number of hydrogen-bond donors (Lipinski definition) is 2. The molecule has 0 saturated carbocycles. The lowest BCUT2D eigenvalue weighted by atomic mass is 10.1. The molecule has 1 fully saturated rings. The Kier molecular flexibility index (Phi) is 6.04. The summed E-state index contributed by atoms with van der Waals surface area (Å²) in [5.41, 5.74) is 4.89. The molecule has 1 atom stereocenters. The summed E-state index contributed by atoms with van der Waals surface area (Å²) in [6.07, 6.45) is 4.70. The van der Waals surface area contributed by atoms with Crippen molar-refractivity contribution in [1.82, 2.24) is 19.9 Å². The number of para-hydroxylation sites is 1. The van der Waals surface area contributed by atoms with Crippen molar-refractivity contribution in [1.29, 1.82) is 0 Å². The van der Waals surface area contributed by atoms with E-state index in [1.165, 1.54) is 10.9 Å². The van der Waals surface area contributed by atoms with Crippen LogP contribution in [-0.2, 0) is 16.0 Å². The molecule has 1 aliphatic rings. The van der Waals surface area contributed by atoms with Crippen LogP contribution in [0.3, 0.4) is 0 Å². The van der Waals surface area contributed by atoms with Gasteiger partial charge in [0.05, 0.1) is 18.8 Å². The molecule has 1 aliphatic heterocycles. The van der Waals surface area contributed by atoms with Gasteiger partial charge in [-0.3, -0.25) is 9.78 Å². The molecule has 3 aromatic heterocycles. The number of pyridine rings is 2. The lowest BCUT2D eigenvalue weighted by molar-refractivity contribution is -0.139. The topological polar surface area (TPSA) is 83.1 Å². The number of carbonyl (C=O) groups excluding carboxylic acids is 1. The summed E-state index contributed by atoms with van der Waals surface area (Å²) in [5.74, 6) is 0.917. The van der Waals surface area contributed by atoms with E-state index in [1.54, 1.807) is 6.20 Å². The van der Waals surface area contributed by atoms with Crippen LogP contribution in [0.15, 0.2) is 67.0 Å². The van der Waals surface area contributed by atoms with Crippen LogP contribution in [0, 0.1) is 6.92 Å². The van der Waals surface area contributed by atoms with E-state index in [9.17, 15) is 4.79 Å². The van der Waals surface area contributed by atoms with Crippen molar-refractivity contribution in [3.63, 3.8) is 0 Å². The van der Waals surface area contributed by atoms with Gasteiger partial charge in [-0.2, -0.15) is 0 Å². The molecular formula is C26H27N5O2. The van der Waals surface area contributed by atoms with Gasteiger partial charge in [-0.25, -0.2) is 4.98 Å². The first-order valence-corrected chi connectivity index (χ1v) is 11.3. The van der Waals surface area contributed by atoms with Gasteiger partial charge in [0, 0.05) is 47.6 Å². The van der Waals surface area contributed by atoms with Gasteiger partial charge in [-0.1, -0.05) is 24.3 Å². The van der Waals surface area contributed by atoms with Gasteiger partial charge in [-0.15, -0.1) is 0 Å². The van der Waals surface area contributed by atoms with Gasteiger partial charge in [0.25, 0.3) is 0 Å². The largest absolute Gasteiger partial charge is 0.368 e. The highest BCUT2D eigenvalue weighted by molar-refractivity contribution is 5.84. The third kappa shape index (κ3) is 4.88. The number of aryl methyl sites for hydroxylation is 2. The average molecular weight is 442 g/mol. The molecule has 1 saturated heterocycles. The van der Waals surface area contributed by atoms with Crippen LogP contribution < -0.4 is 5.32 Å². The molecule has 0 unspecified atom stereocenters. The molecule has 168 valence electrons. The fraction of sp³-hybridized carbons (Fsp3) is 0.269. The maximum atomic E-state index is 13.0. The lowest BCUT2D eigenvalue weighted by Crippen LogP contribution is -2.42. The molecule has 33 heavy (non-hydrogen) atoms. The van der Waals surface area contributed by atoms with Crippen molar-refractivity contribution in [2.75, 3.05) is 25.0 Å². The minimum absolute atomic E-state index is 0.146. The number of nitrogens with zero attached hydrogens (tertiary/aromatic N) is 3. The normalized spacial score (nSPS) is 16.2. The second kappa shape index (κ2) is 9.42. The van der Waals surface area contributed by atoms with E-state index in [0.29, 0.717) is 32.5 Å². The molecule has 2 N–H and O–H groups in total. The van der Waals surface area contributed by atoms with Gasteiger partial charge in [0.15, 0.2) is 0 Å². The summed E-state index contributed by atoms with van der Waals surface area (Å²) >= 11 is 0. The first-order chi connectivity index (χ1) is 16.2. The van der Waals surface area contributed by atoms with Crippen LogP contribution in [0.4, 0.5) is 11.5 Å². The Bertz CT molecular complexity index is 1250. The summed E-state index contributed by atoms with van der Waals surface area (Å²) < 4.78 is 6.01. The Morgan fingerprint density at radius 3 is 2.97 bits per heavy atom. The number of H-pyrrole nitrogens is 1. The second-order valence-electron chi connectivity index (χ2n) is 8.32. The summed E-state index contributed by atoms with van der Waals surface area (Å²) in [6, 6.07) is 17.9. The fourth-order valence-electron chi connectivity index (χ4n) is 4.31. The minimum Gasteiger partial charge on any atom is -0.368 e. The number of benzene rings is 1. The molecular weight excluding hydrogens is 414 g/mol. The Morgan fingerprint density at radius 2 is 2.09 bits per heavy atom. The third-order valence-corrected chi connectivity index (χ3v) is 5.94. The van der Waals surface area contributed by atoms with Gasteiger partial charge in [-0.05, 0) is 49.2 Å². The predicted molar refractivity (Wildman–Crippen MR) is 128 cm³/mol. The quantitative estimate of drug-likeness (QED) is 0.459. The Morgan fingerprint density at radius 1 is 1.21 bits per heavy atom. The molecule has 0 aliphatic carbocycles. The molecule has 7 heteroatoms. The monoisotopic (exact) mass is 441 g/mol. The number of anilines is 2. The van der Waals surface area contributed by atoms with E-state index in [-0.39, 0.29) is 12.0 Å². The number of nitrogens with one attached hydrogen (secondary N) is 2. The summed E-state index contributed by atoms with van der Waals surface area (Å²) in [4.78, 5) is 27.2. The number of hydrogen-bond acceptors (Lipinski definition) is 5. The summed E-state index contributed by atoms with van der Waals surface area (Å²) in [5, 5.41) is 4.50. The minimum atomic E-state index is -0.250. The zero-order valence-corrected chi connectivity index (χ0v) is 18.6. The maximum Gasteiger partial charge on any atom is 0.223 e. The first kappa shape index (κ1) is 21.2. The summed E-state index contributed by atoms with van der Waals surface area (Å²) in [7, 11) is 0. The maximum absolute atomic E-state index is 13.0. The van der Waals surface area contributed by atoms with Crippen molar-refractivity contribution in [3.8, 4) is 0 Å². The number of carbonyl (C=O) groups is 1.